The van der Waals surface area contributed by atoms with Gasteiger partial charge in [0.25, 0.3) is 7.82 Å². The summed E-state index contributed by atoms with van der Waals surface area (Å²) in [4.78, 5) is 34.7. The minimum absolute atomic E-state index is 0.0542. The third-order valence-electron chi connectivity index (χ3n) is 3.69. The minimum Gasteiger partial charge on any atom is -0.756 e. The molecule has 0 spiro atoms. The number of hydrogen-bond donors (Lipinski definition) is 3. The van der Waals surface area contributed by atoms with Gasteiger partial charge in [-0.2, -0.15) is 0 Å². The first-order valence-electron chi connectivity index (χ1n) is 9.86. The van der Waals surface area contributed by atoms with Crippen molar-refractivity contribution < 1.29 is 33.2 Å². The lowest BCUT2D eigenvalue weighted by atomic mass is 10.0. The normalized spacial score (nSPS) is 14.7. The summed E-state index contributed by atoms with van der Waals surface area (Å²) in [5.74, 6) is -0.466. The van der Waals surface area contributed by atoms with Crippen molar-refractivity contribution in [1.29, 1.82) is 0 Å². The van der Waals surface area contributed by atoms with Crippen LogP contribution >= 0.6 is 7.82 Å². The third kappa shape index (κ3) is 16.0. The van der Waals surface area contributed by atoms with Crippen LogP contribution in [0.1, 0.15) is 66.2 Å². The molecule has 0 aromatic rings. The van der Waals surface area contributed by atoms with Crippen LogP contribution in [0.2, 0.25) is 0 Å². The summed E-state index contributed by atoms with van der Waals surface area (Å²) in [5, 5.41) is 14.9. The number of hydrogen-bond acceptors (Lipinski definition) is 7. The molecule has 9 nitrogen and oxygen atoms in total. The number of aliphatic hydroxyl groups excluding tert-OH is 1. The zero-order valence-electron chi connectivity index (χ0n) is 17.4. The van der Waals surface area contributed by atoms with Crippen LogP contribution in [0.25, 0.3) is 0 Å². The molecular weight excluding hydrogens is 387 g/mol. The van der Waals surface area contributed by atoms with Gasteiger partial charge in [0, 0.05) is 38.0 Å². The molecule has 0 aromatic carbocycles. The van der Waals surface area contributed by atoms with Crippen molar-refractivity contribution >= 4 is 19.6 Å². The van der Waals surface area contributed by atoms with Gasteiger partial charge in [-0.1, -0.05) is 6.42 Å². The Bertz CT molecular complexity index is 500. The molecule has 3 N–H and O–H groups in total. The molecule has 28 heavy (non-hydrogen) atoms. The highest BCUT2D eigenvalue weighted by molar-refractivity contribution is 7.45. The van der Waals surface area contributed by atoms with Crippen LogP contribution in [0.3, 0.4) is 0 Å². The van der Waals surface area contributed by atoms with Crippen LogP contribution in [0.15, 0.2) is 0 Å². The van der Waals surface area contributed by atoms with Gasteiger partial charge in [0.05, 0.1) is 12.7 Å². The Labute approximate surface area is 168 Å². The van der Waals surface area contributed by atoms with Crippen molar-refractivity contribution in [3.05, 3.63) is 0 Å². The molecule has 10 heteroatoms. The highest BCUT2D eigenvalue weighted by Gasteiger charge is 2.16. The number of phosphoric acid groups is 1. The molecule has 0 aromatic heterocycles. The lowest BCUT2D eigenvalue weighted by Crippen LogP contribution is -2.30. The van der Waals surface area contributed by atoms with Gasteiger partial charge in [0.15, 0.2) is 0 Å². The summed E-state index contributed by atoms with van der Waals surface area (Å²) in [6, 6.07) is 0.0952. The predicted molar refractivity (Wildman–Crippen MR) is 104 cm³/mol. The fourth-order valence-corrected chi connectivity index (χ4v) is 3.36. The van der Waals surface area contributed by atoms with E-state index in [1.54, 1.807) is 13.8 Å². The van der Waals surface area contributed by atoms with E-state index in [1.165, 1.54) is 0 Å². The number of nitrogens with one attached hydrogen (secondary N) is 2. The van der Waals surface area contributed by atoms with Crippen LogP contribution < -0.4 is 15.5 Å². The van der Waals surface area contributed by atoms with E-state index in [1.807, 2.05) is 13.8 Å². The fraction of sp³-hybridized carbons (Fsp3) is 0.889. The Morgan fingerprint density at radius 2 is 1.71 bits per heavy atom. The SMILES string of the molecule is CC(C)NC(=O)CCCC(=O)NCCCCC(CO)COP(=O)([O-])OC(C)C. The van der Waals surface area contributed by atoms with Crippen molar-refractivity contribution in [3.8, 4) is 0 Å². The Kier molecular flexibility index (Phi) is 14.4. The molecule has 0 aliphatic carbocycles. The minimum atomic E-state index is -4.35. The summed E-state index contributed by atoms with van der Waals surface area (Å²) < 4.78 is 21.0. The Morgan fingerprint density at radius 3 is 2.29 bits per heavy atom. The number of rotatable bonds is 16. The molecule has 0 saturated carbocycles. The van der Waals surface area contributed by atoms with E-state index in [0.29, 0.717) is 45.1 Å². The van der Waals surface area contributed by atoms with E-state index in [2.05, 4.69) is 10.6 Å². The Morgan fingerprint density at radius 1 is 1.07 bits per heavy atom. The lowest BCUT2D eigenvalue weighted by molar-refractivity contribution is -0.229. The van der Waals surface area contributed by atoms with Gasteiger partial charge in [-0.3, -0.25) is 14.2 Å². The first-order chi connectivity index (χ1) is 13.1. The maximum absolute atomic E-state index is 11.7. The molecule has 2 unspecified atom stereocenters. The van der Waals surface area contributed by atoms with Crippen LogP contribution in [-0.4, -0.2) is 48.8 Å². The molecule has 0 saturated heterocycles. The van der Waals surface area contributed by atoms with Gasteiger partial charge in [-0.25, -0.2) is 0 Å². The second kappa shape index (κ2) is 14.9. The molecule has 0 aliphatic heterocycles. The van der Waals surface area contributed by atoms with Gasteiger partial charge in [-0.05, 0) is 47.0 Å². The number of carbonyl (C=O) groups is 2. The standard InChI is InChI=1S/C18H37N2O7P/c1-14(2)20-18(23)10-7-9-17(22)19-11-6-5-8-16(12-21)13-26-28(24,25)27-15(3)4/h14-16,21H,5-13H2,1-4H3,(H,19,22)(H,20,23)(H,24,25)/p-1. The zero-order valence-corrected chi connectivity index (χ0v) is 18.3. The molecule has 0 fully saturated rings. The molecule has 166 valence electrons. The maximum Gasteiger partial charge on any atom is 0.268 e. The molecule has 2 amide bonds. The fourth-order valence-electron chi connectivity index (χ4n) is 2.39. The van der Waals surface area contributed by atoms with Crippen molar-refractivity contribution in [2.45, 2.75) is 78.4 Å². The van der Waals surface area contributed by atoms with E-state index in [9.17, 15) is 24.2 Å². The first-order valence-corrected chi connectivity index (χ1v) is 11.3. The quantitative estimate of drug-likeness (QED) is 0.253. The monoisotopic (exact) mass is 423 g/mol. The smallest absolute Gasteiger partial charge is 0.268 e. The largest absolute Gasteiger partial charge is 0.756 e. The summed E-state index contributed by atoms with van der Waals surface area (Å²) in [6.07, 6.45) is 2.61. The number of aliphatic hydroxyl groups is 1. The third-order valence-corrected chi connectivity index (χ3v) is 4.83. The van der Waals surface area contributed by atoms with Gasteiger partial charge < -0.3 is 29.7 Å². The van der Waals surface area contributed by atoms with Crippen molar-refractivity contribution in [3.63, 3.8) is 0 Å². The van der Waals surface area contributed by atoms with Gasteiger partial charge in [-0.15, -0.1) is 0 Å². The molecule has 0 heterocycles. The highest BCUT2D eigenvalue weighted by Crippen LogP contribution is 2.40. The lowest BCUT2D eigenvalue weighted by Gasteiger charge is -2.26. The summed E-state index contributed by atoms with van der Waals surface area (Å²) in [7, 11) is -4.35. The van der Waals surface area contributed by atoms with Crippen molar-refractivity contribution in [2.75, 3.05) is 19.8 Å². The average Bonchev–Trinajstić information content (AvgIpc) is 2.55. The van der Waals surface area contributed by atoms with E-state index in [0.717, 1.165) is 0 Å². The van der Waals surface area contributed by atoms with Crippen LogP contribution in [0.4, 0.5) is 0 Å². The second-order valence-corrected chi connectivity index (χ2v) is 8.73. The van der Waals surface area contributed by atoms with Gasteiger partial charge in [0.1, 0.15) is 0 Å². The molecular formula is C18H36N2O7P-. The van der Waals surface area contributed by atoms with E-state index >= 15 is 0 Å². The van der Waals surface area contributed by atoms with Gasteiger partial charge >= 0.3 is 0 Å². The first kappa shape index (κ1) is 27.0. The predicted octanol–water partition coefficient (Wildman–Crippen LogP) is 1.49. The number of phosphoric ester groups is 1. The Balaban J connectivity index is 3.82. The van der Waals surface area contributed by atoms with Crippen LogP contribution in [-0.2, 0) is 23.2 Å². The number of carbonyl (C=O) groups excluding carboxylic acids is 2. The maximum atomic E-state index is 11.7. The highest BCUT2D eigenvalue weighted by atomic mass is 31.2. The second-order valence-electron chi connectivity index (χ2n) is 7.37. The summed E-state index contributed by atoms with van der Waals surface area (Å²) in [6.45, 7) is 7.12. The Hall–Kier alpha value is -0.990. The molecule has 0 aliphatic rings. The van der Waals surface area contributed by atoms with Crippen LogP contribution in [0, 0.1) is 5.92 Å². The molecule has 0 radical (unpaired) electrons. The van der Waals surface area contributed by atoms with E-state index in [4.69, 9.17) is 9.05 Å². The van der Waals surface area contributed by atoms with E-state index < -0.39 is 13.9 Å². The van der Waals surface area contributed by atoms with Crippen LogP contribution in [0.5, 0.6) is 0 Å². The average molecular weight is 423 g/mol. The number of amides is 2. The number of unbranched alkanes of at least 4 members (excludes halogenated alkanes) is 1. The summed E-state index contributed by atoms with van der Waals surface area (Å²) in [5.41, 5.74) is 0. The molecule has 0 bridgehead atoms. The topological polar surface area (TPSA) is 137 Å². The van der Waals surface area contributed by atoms with Crippen molar-refractivity contribution in [2.24, 2.45) is 5.92 Å². The zero-order chi connectivity index (χ0) is 21.6. The molecule has 0 rings (SSSR count). The van der Waals surface area contributed by atoms with Gasteiger partial charge in [0.2, 0.25) is 11.8 Å². The van der Waals surface area contributed by atoms with Crippen molar-refractivity contribution in [1.82, 2.24) is 10.6 Å². The van der Waals surface area contributed by atoms with E-state index in [-0.39, 0.29) is 37.0 Å². The summed E-state index contributed by atoms with van der Waals surface area (Å²) >= 11 is 0. The molecule has 2 atom stereocenters.